The summed E-state index contributed by atoms with van der Waals surface area (Å²) in [6, 6.07) is 0. The van der Waals surface area contributed by atoms with Gasteiger partial charge in [-0.1, -0.05) is 12.8 Å². The first-order chi connectivity index (χ1) is 8.29. The van der Waals surface area contributed by atoms with Gasteiger partial charge < -0.3 is 9.84 Å². The summed E-state index contributed by atoms with van der Waals surface area (Å²) in [6.07, 6.45) is 9.72. The third-order valence-corrected chi connectivity index (χ3v) is 6.34. The first-order valence-electron chi connectivity index (χ1n) is 7.23. The van der Waals surface area contributed by atoms with E-state index in [1.54, 1.807) is 0 Å². The van der Waals surface area contributed by atoms with Gasteiger partial charge >= 0.3 is 0 Å². The lowest BCUT2D eigenvalue weighted by Gasteiger charge is -2.41. The Morgan fingerprint density at radius 2 is 2.00 bits per heavy atom. The van der Waals surface area contributed by atoms with Crippen LogP contribution in [0.15, 0.2) is 0 Å². The van der Waals surface area contributed by atoms with Crippen molar-refractivity contribution >= 4 is 11.8 Å². The van der Waals surface area contributed by atoms with Crippen LogP contribution in [0.3, 0.4) is 0 Å². The molecule has 1 N–H and O–H groups in total. The van der Waals surface area contributed by atoms with Gasteiger partial charge in [0.25, 0.3) is 0 Å². The van der Waals surface area contributed by atoms with Crippen molar-refractivity contribution in [2.75, 3.05) is 12.4 Å². The molecule has 17 heavy (non-hydrogen) atoms. The number of aliphatic hydroxyl groups excluding tert-OH is 1. The zero-order valence-electron chi connectivity index (χ0n) is 10.6. The summed E-state index contributed by atoms with van der Waals surface area (Å²) < 4.78 is 6.05. The summed E-state index contributed by atoms with van der Waals surface area (Å²) in [7, 11) is 0. The van der Waals surface area contributed by atoms with Gasteiger partial charge in [0.1, 0.15) is 0 Å². The van der Waals surface area contributed by atoms with Crippen LogP contribution in [0.25, 0.3) is 0 Å². The third kappa shape index (κ3) is 2.52. The predicted molar refractivity (Wildman–Crippen MR) is 71.4 cm³/mol. The maximum absolute atomic E-state index is 10.5. The Morgan fingerprint density at radius 3 is 2.71 bits per heavy atom. The molecule has 2 aliphatic heterocycles. The fraction of sp³-hybridized carbons (Fsp3) is 1.00. The van der Waals surface area contributed by atoms with Gasteiger partial charge in [-0.3, -0.25) is 0 Å². The molecule has 3 aliphatic rings. The zero-order valence-corrected chi connectivity index (χ0v) is 11.4. The molecule has 1 aliphatic carbocycles. The second-order valence-corrected chi connectivity index (χ2v) is 7.38. The average molecular weight is 256 g/mol. The van der Waals surface area contributed by atoms with E-state index in [0.29, 0.717) is 11.2 Å². The smallest absolute Gasteiger partial charge is 0.0688 e. The van der Waals surface area contributed by atoms with E-state index < -0.39 is 0 Å². The lowest BCUT2D eigenvalue weighted by Crippen LogP contribution is -2.43. The van der Waals surface area contributed by atoms with E-state index in [0.717, 1.165) is 19.4 Å². The van der Waals surface area contributed by atoms with Crippen molar-refractivity contribution in [2.24, 2.45) is 5.92 Å². The number of aliphatic hydroxyl groups is 1. The van der Waals surface area contributed by atoms with Gasteiger partial charge in [0.05, 0.1) is 11.7 Å². The van der Waals surface area contributed by atoms with Crippen LogP contribution in [0.2, 0.25) is 0 Å². The second kappa shape index (κ2) is 5.10. The molecule has 0 aromatic carbocycles. The average Bonchev–Trinajstić information content (AvgIpc) is 3.00. The van der Waals surface area contributed by atoms with E-state index in [1.807, 2.05) is 11.8 Å². The predicted octanol–water partition coefficient (Wildman–Crippen LogP) is 2.98. The third-order valence-electron chi connectivity index (χ3n) is 4.87. The Labute approximate surface area is 108 Å². The number of rotatable bonds is 2. The Bertz CT molecular complexity index is 257. The van der Waals surface area contributed by atoms with Crippen LogP contribution in [-0.2, 0) is 4.74 Å². The van der Waals surface area contributed by atoms with Crippen LogP contribution < -0.4 is 0 Å². The summed E-state index contributed by atoms with van der Waals surface area (Å²) in [5.74, 6) is 1.74. The van der Waals surface area contributed by atoms with Crippen LogP contribution >= 0.6 is 11.8 Å². The van der Waals surface area contributed by atoms with E-state index in [4.69, 9.17) is 4.74 Å². The van der Waals surface area contributed by atoms with Crippen LogP contribution in [-0.4, -0.2) is 34.4 Å². The Balaban J connectivity index is 1.62. The van der Waals surface area contributed by atoms with Crippen LogP contribution in [0.1, 0.15) is 51.4 Å². The van der Waals surface area contributed by atoms with E-state index in [2.05, 4.69) is 0 Å². The molecule has 3 rings (SSSR count). The highest BCUT2D eigenvalue weighted by atomic mass is 32.2. The monoisotopic (exact) mass is 256 g/mol. The molecule has 2 nitrogen and oxygen atoms in total. The van der Waals surface area contributed by atoms with Crippen molar-refractivity contribution in [3.63, 3.8) is 0 Å². The molecule has 3 heteroatoms. The SMILES string of the molecule is OC(C1CCOC2(CCCC2)C1)C1CCCS1. The molecule has 2 heterocycles. The molecule has 0 amide bonds. The Hall–Kier alpha value is 0.270. The van der Waals surface area contributed by atoms with Gasteiger partial charge in [-0.15, -0.1) is 0 Å². The van der Waals surface area contributed by atoms with Crippen LogP contribution in [0.5, 0.6) is 0 Å². The van der Waals surface area contributed by atoms with Gasteiger partial charge in [-0.2, -0.15) is 11.8 Å². The van der Waals surface area contributed by atoms with Crippen molar-refractivity contribution < 1.29 is 9.84 Å². The van der Waals surface area contributed by atoms with Crippen LogP contribution in [0, 0.1) is 5.92 Å². The summed E-state index contributed by atoms with van der Waals surface area (Å²) >= 11 is 1.98. The maximum atomic E-state index is 10.5. The normalized spacial score (nSPS) is 38.6. The number of thioether (sulfide) groups is 1. The van der Waals surface area contributed by atoms with E-state index in [-0.39, 0.29) is 11.7 Å². The van der Waals surface area contributed by atoms with Gasteiger partial charge in [-0.25, -0.2) is 0 Å². The van der Waals surface area contributed by atoms with Crippen molar-refractivity contribution in [1.82, 2.24) is 0 Å². The highest BCUT2D eigenvalue weighted by Gasteiger charge is 2.43. The van der Waals surface area contributed by atoms with Crippen molar-refractivity contribution in [1.29, 1.82) is 0 Å². The fourth-order valence-corrected chi connectivity index (χ4v) is 5.29. The summed E-state index contributed by atoms with van der Waals surface area (Å²) in [5.41, 5.74) is 0.160. The molecular weight excluding hydrogens is 232 g/mol. The van der Waals surface area contributed by atoms with E-state index in [9.17, 15) is 5.11 Å². The molecule has 98 valence electrons. The number of hydrogen-bond acceptors (Lipinski definition) is 3. The molecule has 3 fully saturated rings. The summed E-state index contributed by atoms with van der Waals surface area (Å²) in [6.45, 7) is 0.874. The lowest BCUT2D eigenvalue weighted by molar-refractivity contribution is -0.112. The topological polar surface area (TPSA) is 29.5 Å². The minimum atomic E-state index is -0.0797. The van der Waals surface area contributed by atoms with Crippen molar-refractivity contribution in [2.45, 2.75) is 68.3 Å². The zero-order chi connectivity index (χ0) is 11.7. The first-order valence-corrected chi connectivity index (χ1v) is 8.28. The van der Waals surface area contributed by atoms with E-state index in [1.165, 1.54) is 44.3 Å². The standard InChI is InChI=1S/C14H24O2S/c15-13(12-4-3-9-17-12)11-5-8-16-14(10-11)6-1-2-7-14/h11-13,15H,1-10H2. The van der Waals surface area contributed by atoms with Gasteiger partial charge in [0.15, 0.2) is 0 Å². The molecule has 1 spiro atoms. The van der Waals surface area contributed by atoms with Crippen molar-refractivity contribution in [3.8, 4) is 0 Å². The number of ether oxygens (including phenoxy) is 1. The summed E-state index contributed by atoms with van der Waals surface area (Å²) in [5, 5.41) is 11.1. The van der Waals surface area contributed by atoms with Crippen LogP contribution in [0.4, 0.5) is 0 Å². The van der Waals surface area contributed by atoms with Crippen molar-refractivity contribution in [3.05, 3.63) is 0 Å². The van der Waals surface area contributed by atoms with E-state index >= 15 is 0 Å². The molecule has 0 bridgehead atoms. The highest BCUT2D eigenvalue weighted by molar-refractivity contribution is 8.00. The summed E-state index contributed by atoms with van der Waals surface area (Å²) in [4.78, 5) is 0. The quantitative estimate of drug-likeness (QED) is 0.823. The van der Waals surface area contributed by atoms with Gasteiger partial charge in [0.2, 0.25) is 0 Å². The largest absolute Gasteiger partial charge is 0.392 e. The molecule has 3 unspecified atom stereocenters. The second-order valence-electron chi connectivity index (χ2n) is 6.03. The Morgan fingerprint density at radius 1 is 1.18 bits per heavy atom. The molecule has 3 atom stereocenters. The molecule has 1 saturated carbocycles. The minimum Gasteiger partial charge on any atom is -0.392 e. The molecular formula is C14H24O2S. The highest BCUT2D eigenvalue weighted by Crippen LogP contribution is 2.44. The molecule has 0 aromatic heterocycles. The lowest BCUT2D eigenvalue weighted by atomic mass is 9.80. The van der Waals surface area contributed by atoms with Gasteiger partial charge in [0, 0.05) is 11.9 Å². The first kappa shape index (κ1) is 12.3. The molecule has 0 radical (unpaired) electrons. The number of hydrogen-bond donors (Lipinski definition) is 1. The molecule has 0 aromatic rings. The Kier molecular flexibility index (Phi) is 3.69. The maximum Gasteiger partial charge on any atom is 0.0688 e. The minimum absolute atomic E-state index is 0.0797. The fourth-order valence-electron chi connectivity index (χ4n) is 3.90. The van der Waals surface area contributed by atoms with Gasteiger partial charge in [-0.05, 0) is 50.2 Å². The molecule has 2 saturated heterocycles.